The third-order valence-corrected chi connectivity index (χ3v) is 3.31. The van der Waals surface area contributed by atoms with E-state index in [0.717, 1.165) is 15.8 Å². The standard InChI is InChI=1S/C12H13N3O2S/c1-7(16)14-12-15-9-4-3-8(5-10(9)18-12)6-11(17)13-2/h3-5H,6H2,1-2H3,(H,13,17)(H,14,15,16). The molecule has 94 valence electrons. The Morgan fingerprint density at radius 3 is 2.83 bits per heavy atom. The number of fused-ring (bicyclic) bond motifs is 1. The lowest BCUT2D eigenvalue weighted by molar-refractivity contribution is -0.120. The van der Waals surface area contributed by atoms with Gasteiger partial charge in [0.15, 0.2) is 5.13 Å². The molecule has 1 heterocycles. The van der Waals surface area contributed by atoms with Crippen LogP contribution in [0.15, 0.2) is 18.2 Å². The van der Waals surface area contributed by atoms with Crippen molar-refractivity contribution in [2.45, 2.75) is 13.3 Å². The number of aromatic nitrogens is 1. The average Bonchev–Trinajstić information content (AvgIpc) is 2.69. The van der Waals surface area contributed by atoms with Gasteiger partial charge in [-0.25, -0.2) is 4.98 Å². The van der Waals surface area contributed by atoms with Gasteiger partial charge in [-0.15, -0.1) is 0 Å². The minimum absolute atomic E-state index is 0.0269. The first-order valence-electron chi connectivity index (χ1n) is 5.46. The quantitative estimate of drug-likeness (QED) is 0.882. The topological polar surface area (TPSA) is 71.1 Å². The van der Waals surface area contributed by atoms with E-state index >= 15 is 0 Å². The Morgan fingerprint density at radius 1 is 1.39 bits per heavy atom. The second-order valence-electron chi connectivity index (χ2n) is 3.85. The Morgan fingerprint density at radius 2 is 2.17 bits per heavy atom. The molecule has 0 radical (unpaired) electrons. The number of nitrogens with zero attached hydrogens (tertiary/aromatic N) is 1. The number of amides is 2. The number of hydrogen-bond donors (Lipinski definition) is 2. The Hall–Kier alpha value is -1.95. The van der Waals surface area contributed by atoms with E-state index in [-0.39, 0.29) is 11.8 Å². The second-order valence-corrected chi connectivity index (χ2v) is 4.88. The zero-order chi connectivity index (χ0) is 13.1. The maximum absolute atomic E-state index is 11.3. The van der Waals surface area contributed by atoms with Crippen LogP contribution in [0.25, 0.3) is 10.2 Å². The minimum Gasteiger partial charge on any atom is -0.359 e. The Kier molecular flexibility index (Phi) is 3.57. The van der Waals surface area contributed by atoms with Gasteiger partial charge < -0.3 is 10.6 Å². The fraction of sp³-hybridized carbons (Fsp3) is 0.250. The van der Waals surface area contributed by atoms with Crippen molar-refractivity contribution in [1.29, 1.82) is 0 Å². The normalized spacial score (nSPS) is 10.3. The molecule has 6 heteroatoms. The molecule has 0 aliphatic carbocycles. The van der Waals surface area contributed by atoms with Gasteiger partial charge >= 0.3 is 0 Å². The number of likely N-dealkylation sites (N-methyl/N-ethyl adjacent to an activating group) is 1. The predicted octanol–water partition coefficient (Wildman–Crippen LogP) is 1.54. The smallest absolute Gasteiger partial charge is 0.224 e. The molecule has 0 spiro atoms. The van der Waals surface area contributed by atoms with Crippen molar-refractivity contribution in [2.24, 2.45) is 0 Å². The molecule has 5 nitrogen and oxygen atoms in total. The summed E-state index contributed by atoms with van der Waals surface area (Å²) in [5.74, 6) is -0.166. The lowest BCUT2D eigenvalue weighted by Crippen LogP contribution is -2.19. The van der Waals surface area contributed by atoms with Crippen molar-refractivity contribution < 1.29 is 9.59 Å². The summed E-state index contributed by atoms with van der Waals surface area (Å²) < 4.78 is 0.958. The molecule has 2 rings (SSSR count). The Balaban J connectivity index is 2.27. The van der Waals surface area contributed by atoms with Crippen molar-refractivity contribution in [3.8, 4) is 0 Å². The van der Waals surface area contributed by atoms with E-state index in [4.69, 9.17) is 0 Å². The number of nitrogens with one attached hydrogen (secondary N) is 2. The van der Waals surface area contributed by atoms with E-state index in [1.807, 2.05) is 18.2 Å². The van der Waals surface area contributed by atoms with Gasteiger partial charge in [-0.05, 0) is 17.7 Å². The summed E-state index contributed by atoms with van der Waals surface area (Å²) in [6, 6.07) is 5.65. The maximum atomic E-state index is 11.3. The van der Waals surface area contributed by atoms with E-state index in [1.54, 1.807) is 7.05 Å². The fourth-order valence-electron chi connectivity index (χ4n) is 1.56. The van der Waals surface area contributed by atoms with E-state index in [0.29, 0.717) is 11.6 Å². The highest BCUT2D eigenvalue weighted by molar-refractivity contribution is 7.22. The molecule has 0 saturated heterocycles. The lowest BCUT2D eigenvalue weighted by Gasteiger charge is -1.99. The summed E-state index contributed by atoms with van der Waals surface area (Å²) in [5.41, 5.74) is 1.75. The molecular weight excluding hydrogens is 250 g/mol. The van der Waals surface area contributed by atoms with Gasteiger partial charge in [-0.3, -0.25) is 9.59 Å². The van der Waals surface area contributed by atoms with Gasteiger partial charge in [-0.1, -0.05) is 17.4 Å². The molecule has 0 unspecified atom stereocenters. The molecular formula is C12H13N3O2S. The van der Waals surface area contributed by atoms with Crippen molar-refractivity contribution in [2.75, 3.05) is 12.4 Å². The summed E-state index contributed by atoms with van der Waals surface area (Å²) in [4.78, 5) is 26.5. The highest BCUT2D eigenvalue weighted by atomic mass is 32.1. The molecule has 18 heavy (non-hydrogen) atoms. The monoisotopic (exact) mass is 263 g/mol. The first-order chi connectivity index (χ1) is 8.58. The van der Waals surface area contributed by atoms with E-state index in [1.165, 1.54) is 18.3 Å². The van der Waals surface area contributed by atoms with E-state index in [2.05, 4.69) is 15.6 Å². The highest BCUT2D eigenvalue weighted by Crippen LogP contribution is 2.26. The highest BCUT2D eigenvalue weighted by Gasteiger charge is 2.07. The fourth-order valence-corrected chi connectivity index (χ4v) is 2.53. The number of rotatable bonds is 3. The van der Waals surface area contributed by atoms with Crippen LogP contribution in [0.4, 0.5) is 5.13 Å². The number of carbonyl (C=O) groups excluding carboxylic acids is 2. The van der Waals surface area contributed by atoms with Gasteiger partial charge in [-0.2, -0.15) is 0 Å². The van der Waals surface area contributed by atoms with Crippen LogP contribution in [0.5, 0.6) is 0 Å². The first kappa shape index (κ1) is 12.5. The summed E-state index contributed by atoms with van der Waals surface area (Å²) in [5, 5.41) is 5.82. The van der Waals surface area contributed by atoms with Gasteiger partial charge in [0.05, 0.1) is 16.6 Å². The van der Waals surface area contributed by atoms with Crippen molar-refractivity contribution in [3.63, 3.8) is 0 Å². The Bertz CT molecular complexity index is 606. The van der Waals surface area contributed by atoms with Crippen molar-refractivity contribution >= 4 is 38.5 Å². The molecule has 1 aromatic heterocycles. The lowest BCUT2D eigenvalue weighted by atomic mass is 10.1. The van der Waals surface area contributed by atoms with Crippen LogP contribution in [-0.4, -0.2) is 23.8 Å². The van der Waals surface area contributed by atoms with Crippen LogP contribution in [0, 0.1) is 0 Å². The molecule has 0 aliphatic heterocycles. The zero-order valence-electron chi connectivity index (χ0n) is 10.1. The molecule has 1 aromatic carbocycles. The van der Waals surface area contributed by atoms with Crippen LogP contribution in [0.1, 0.15) is 12.5 Å². The van der Waals surface area contributed by atoms with Gasteiger partial charge in [0.25, 0.3) is 0 Å². The van der Waals surface area contributed by atoms with Gasteiger partial charge in [0, 0.05) is 14.0 Å². The van der Waals surface area contributed by atoms with Crippen LogP contribution in [-0.2, 0) is 16.0 Å². The summed E-state index contributed by atoms with van der Waals surface area (Å²) >= 11 is 1.40. The second kappa shape index (κ2) is 5.14. The van der Waals surface area contributed by atoms with Crippen LogP contribution in [0.3, 0.4) is 0 Å². The third kappa shape index (κ3) is 2.84. The number of hydrogen-bond acceptors (Lipinski definition) is 4. The van der Waals surface area contributed by atoms with Crippen LogP contribution < -0.4 is 10.6 Å². The van der Waals surface area contributed by atoms with Crippen LogP contribution >= 0.6 is 11.3 Å². The molecule has 0 atom stereocenters. The number of anilines is 1. The first-order valence-corrected chi connectivity index (χ1v) is 6.28. The Labute approximate surface area is 108 Å². The minimum atomic E-state index is -0.139. The molecule has 2 amide bonds. The van der Waals surface area contributed by atoms with Crippen molar-refractivity contribution in [1.82, 2.24) is 10.3 Å². The number of carbonyl (C=O) groups is 2. The summed E-state index contributed by atoms with van der Waals surface area (Å²) in [6.45, 7) is 1.45. The molecule has 0 aliphatic rings. The maximum Gasteiger partial charge on any atom is 0.224 e. The van der Waals surface area contributed by atoms with Gasteiger partial charge in [0.1, 0.15) is 0 Å². The number of thiazole rings is 1. The molecule has 0 fully saturated rings. The average molecular weight is 263 g/mol. The zero-order valence-corrected chi connectivity index (χ0v) is 10.9. The number of benzene rings is 1. The van der Waals surface area contributed by atoms with E-state index in [9.17, 15) is 9.59 Å². The molecule has 0 saturated carbocycles. The molecule has 0 bridgehead atoms. The third-order valence-electron chi connectivity index (χ3n) is 2.38. The van der Waals surface area contributed by atoms with Gasteiger partial charge in [0.2, 0.25) is 11.8 Å². The van der Waals surface area contributed by atoms with Crippen molar-refractivity contribution in [3.05, 3.63) is 23.8 Å². The largest absolute Gasteiger partial charge is 0.359 e. The summed E-state index contributed by atoms with van der Waals surface area (Å²) in [7, 11) is 1.61. The van der Waals surface area contributed by atoms with Crippen LogP contribution in [0.2, 0.25) is 0 Å². The molecule has 2 N–H and O–H groups in total. The van der Waals surface area contributed by atoms with E-state index < -0.39 is 0 Å². The molecule has 2 aromatic rings. The SMILES string of the molecule is CNC(=O)Cc1ccc2nc(NC(C)=O)sc2c1. The predicted molar refractivity (Wildman–Crippen MR) is 71.7 cm³/mol. The summed E-state index contributed by atoms with van der Waals surface area (Å²) in [6.07, 6.45) is 0.347.